The van der Waals surface area contributed by atoms with Crippen molar-refractivity contribution < 1.29 is 14.3 Å². The molecule has 8 heteroatoms. The van der Waals surface area contributed by atoms with E-state index in [-0.39, 0.29) is 18.8 Å². The lowest BCUT2D eigenvalue weighted by Crippen LogP contribution is -2.39. The number of ether oxygens (including phenoxy) is 2. The van der Waals surface area contributed by atoms with E-state index in [9.17, 15) is 9.59 Å². The van der Waals surface area contributed by atoms with Crippen LogP contribution < -0.4 is 19.6 Å². The Kier molecular flexibility index (Phi) is 6.52. The predicted octanol–water partition coefficient (Wildman–Crippen LogP) is 2.70. The number of aromatic nitrogens is 1. The lowest BCUT2D eigenvalue weighted by molar-refractivity contribution is -0.139. The van der Waals surface area contributed by atoms with Gasteiger partial charge >= 0.3 is 5.97 Å². The molecule has 2 heterocycles. The second-order valence-corrected chi connectivity index (χ2v) is 8.24. The number of carbonyl (C=O) groups excluding carboxylic acids is 1. The zero-order chi connectivity index (χ0) is 23.4. The van der Waals surface area contributed by atoms with E-state index < -0.39 is 12.0 Å². The molecule has 0 bridgehead atoms. The van der Waals surface area contributed by atoms with Crippen LogP contribution in [-0.2, 0) is 9.53 Å². The summed E-state index contributed by atoms with van der Waals surface area (Å²) in [5.41, 5.74) is 2.28. The fourth-order valence-corrected chi connectivity index (χ4v) is 4.72. The highest BCUT2D eigenvalue weighted by Crippen LogP contribution is 2.30. The topological polar surface area (TPSA) is 93.7 Å². The Morgan fingerprint density at radius 3 is 2.61 bits per heavy atom. The number of nitrogens with zero attached hydrogens (tertiary/aromatic N) is 3. The van der Waals surface area contributed by atoms with Gasteiger partial charge in [-0.3, -0.25) is 9.36 Å². The van der Waals surface area contributed by atoms with Crippen molar-refractivity contribution in [1.82, 2.24) is 4.57 Å². The summed E-state index contributed by atoms with van der Waals surface area (Å²) in [4.78, 5) is 31.4. The van der Waals surface area contributed by atoms with Crippen molar-refractivity contribution in [3.8, 4) is 11.8 Å². The second-order valence-electron chi connectivity index (χ2n) is 7.23. The lowest BCUT2D eigenvalue weighted by atomic mass is 9.96. The highest BCUT2D eigenvalue weighted by Gasteiger charge is 2.33. The first-order valence-electron chi connectivity index (χ1n) is 10.4. The zero-order valence-electron chi connectivity index (χ0n) is 18.1. The monoisotopic (exact) mass is 459 g/mol. The molecule has 3 aromatic rings. The van der Waals surface area contributed by atoms with Gasteiger partial charge in [-0.15, -0.1) is 0 Å². The number of benzene rings is 2. The summed E-state index contributed by atoms with van der Waals surface area (Å²) in [7, 11) is 0. The van der Waals surface area contributed by atoms with Crippen LogP contribution in [0.2, 0.25) is 0 Å². The summed E-state index contributed by atoms with van der Waals surface area (Å²) in [5.74, 6) is 0.101. The molecule has 0 unspecified atom stereocenters. The minimum absolute atomic E-state index is 0.0282. The van der Waals surface area contributed by atoms with Crippen LogP contribution >= 0.6 is 11.3 Å². The number of fused-ring (bicyclic) bond motifs is 1. The molecular weight excluding hydrogens is 438 g/mol. The quantitative estimate of drug-likeness (QED) is 0.529. The molecule has 0 saturated carbocycles. The molecule has 0 N–H and O–H groups in total. The molecule has 1 aliphatic heterocycles. The predicted molar refractivity (Wildman–Crippen MR) is 124 cm³/mol. The average Bonchev–Trinajstić information content (AvgIpc) is 3.12. The Morgan fingerprint density at radius 2 is 1.94 bits per heavy atom. The van der Waals surface area contributed by atoms with Crippen molar-refractivity contribution in [2.24, 2.45) is 4.99 Å². The molecule has 0 aliphatic carbocycles. The summed E-state index contributed by atoms with van der Waals surface area (Å²) in [6, 6.07) is 17.8. The molecule has 4 rings (SSSR count). The number of allylic oxidation sites excluding steroid dienone is 1. The van der Waals surface area contributed by atoms with Crippen molar-refractivity contribution in [1.29, 1.82) is 5.26 Å². The van der Waals surface area contributed by atoms with Gasteiger partial charge in [-0.2, -0.15) is 5.26 Å². The van der Waals surface area contributed by atoms with E-state index in [0.29, 0.717) is 26.4 Å². The fourth-order valence-electron chi connectivity index (χ4n) is 3.67. The molecular formula is C25H21N3O4S. The van der Waals surface area contributed by atoms with Gasteiger partial charge in [-0.05, 0) is 43.2 Å². The first kappa shape index (κ1) is 22.2. The van der Waals surface area contributed by atoms with E-state index in [1.807, 2.05) is 48.5 Å². The van der Waals surface area contributed by atoms with E-state index in [1.165, 1.54) is 11.3 Å². The third kappa shape index (κ3) is 4.49. The number of thiazole rings is 1. The third-order valence-electron chi connectivity index (χ3n) is 5.11. The zero-order valence-corrected chi connectivity index (χ0v) is 19.0. The van der Waals surface area contributed by atoms with Crippen LogP contribution in [0.4, 0.5) is 0 Å². The Morgan fingerprint density at radius 1 is 1.21 bits per heavy atom. The van der Waals surface area contributed by atoms with Crippen molar-refractivity contribution >= 4 is 23.4 Å². The minimum atomic E-state index is -0.620. The Hall–Kier alpha value is -3.96. The van der Waals surface area contributed by atoms with Gasteiger partial charge < -0.3 is 9.47 Å². The molecule has 0 saturated heterocycles. The van der Waals surface area contributed by atoms with E-state index in [1.54, 1.807) is 36.6 Å². The van der Waals surface area contributed by atoms with Crippen LogP contribution in [0.5, 0.6) is 5.75 Å². The van der Waals surface area contributed by atoms with E-state index in [2.05, 4.69) is 4.99 Å². The molecule has 7 nitrogen and oxygen atoms in total. The molecule has 166 valence electrons. The van der Waals surface area contributed by atoms with Crippen molar-refractivity contribution in [3.63, 3.8) is 0 Å². The molecule has 1 aliphatic rings. The highest BCUT2D eigenvalue weighted by molar-refractivity contribution is 7.07. The van der Waals surface area contributed by atoms with Crippen LogP contribution in [0.3, 0.4) is 0 Å². The molecule has 0 radical (unpaired) electrons. The average molecular weight is 460 g/mol. The van der Waals surface area contributed by atoms with Gasteiger partial charge in [0, 0.05) is 0 Å². The minimum Gasteiger partial charge on any atom is -0.479 e. The van der Waals surface area contributed by atoms with Gasteiger partial charge in [0.1, 0.15) is 11.8 Å². The van der Waals surface area contributed by atoms with Gasteiger partial charge in [-0.1, -0.05) is 53.8 Å². The second kappa shape index (κ2) is 9.67. The van der Waals surface area contributed by atoms with Gasteiger partial charge in [0.15, 0.2) is 11.4 Å². The molecule has 1 atom stereocenters. The van der Waals surface area contributed by atoms with E-state index >= 15 is 0 Å². The van der Waals surface area contributed by atoms with Crippen molar-refractivity contribution in [2.45, 2.75) is 19.9 Å². The fraction of sp³-hybridized carbons (Fsp3) is 0.200. The molecule has 0 fully saturated rings. The van der Waals surface area contributed by atoms with Gasteiger partial charge in [-0.25, -0.2) is 9.79 Å². The first-order chi connectivity index (χ1) is 16.0. The van der Waals surface area contributed by atoms with Crippen LogP contribution in [-0.4, -0.2) is 23.8 Å². The number of hydrogen-bond acceptors (Lipinski definition) is 7. The summed E-state index contributed by atoms with van der Waals surface area (Å²) >= 11 is 1.27. The van der Waals surface area contributed by atoms with E-state index in [0.717, 1.165) is 11.1 Å². The summed E-state index contributed by atoms with van der Waals surface area (Å²) < 4.78 is 12.6. The van der Waals surface area contributed by atoms with Crippen molar-refractivity contribution in [2.75, 3.05) is 13.2 Å². The summed E-state index contributed by atoms with van der Waals surface area (Å²) in [5, 5.41) is 8.63. The van der Waals surface area contributed by atoms with Gasteiger partial charge in [0.25, 0.3) is 5.56 Å². The van der Waals surface area contributed by atoms with Crippen LogP contribution in [0.1, 0.15) is 31.0 Å². The number of hydrogen-bond donors (Lipinski definition) is 0. The smallest absolute Gasteiger partial charge is 0.338 e. The van der Waals surface area contributed by atoms with Gasteiger partial charge in [0.2, 0.25) is 0 Å². The standard InChI is InChI=1S/C25H21N3O4S/c1-3-31-24(30)21-16(2)27-25-28(22(21)18-7-5-4-6-8-18)23(29)20(33-25)15-17-9-11-19(12-10-17)32-14-13-26/h4-12,15,22H,3,14H2,1-2H3/t22-/m1/s1. The number of nitriles is 1. The maximum absolute atomic E-state index is 13.5. The number of esters is 1. The third-order valence-corrected chi connectivity index (χ3v) is 6.10. The Balaban J connectivity index is 1.84. The maximum Gasteiger partial charge on any atom is 0.338 e. The molecule has 0 amide bonds. The van der Waals surface area contributed by atoms with Crippen LogP contribution in [0.15, 0.2) is 75.7 Å². The first-order valence-corrected chi connectivity index (χ1v) is 11.2. The number of carbonyl (C=O) groups is 1. The maximum atomic E-state index is 13.5. The Bertz CT molecular complexity index is 1430. The summed E-state index contributed by atoms with van der Waals surface area (Å²) in [6.45, 7) is 3.71. The van der Waals surface area contributed by atoms with Crippen LogP contribution in [0, 0.1) is 11.3 Å². The molecule has 33 heavy (non-hydrogen) atoms. The molecule has 0 spiro atoms. The Labute approximate surface area is 194 Å². The van der Waals surface area contributed by atoms with Gasteiger partial charge in [0.05, 0.1) is 28.5 Å². The van der Waals surface area contributed by atoms with Crippen LogP contribution in [0.25, 0.3) is 6.08 Å². The summed E-state index contributed by atoms with van der Waals surface area (Å²) in [6.07, 6.45) is 1.78. The largest absolute Gasteiger partial charge is 0.479 e. The number of rotatable bonds is 6. The lowest BCUT2D eigenvalue weighted by Gasteiger charge is -2.24. The SMILES string of the molecule is CCOC(=O)C1=C(C)N=c2sc(=Cc3ccc(OCC#N)cc3)c(=O)n2[C@@H]1c1ccccc1. The molecule has 1 aromatic heterocycles. The van der Waals surface area contributed by atoms with E-state index in [4.69, 9.17) is 14.7 Å². The van der Waals surface area contributed by atoms with Crippen molar-refractivity contribution in [3.05, 3.63) is 96.7 Å². The highest BCUT2D eigenvalue weighted by atomic mass is 32.1. The molecule has 2 aromatic carbocycles. The normalized spacial score (nSPS) is 15.4.